The molecule has 0 aromatic heterocycles. The lowest BCUT2D eigenvalue weighted by Crippen LogP contribution is -2.28. The van der Waals surface area contributed by atoms with Crippen molar-refractivity contribution in [1.82, 2.24) is 4.90 Å². The number of nitrogens with zero attached hydrogens (tertiary/aromatic N) is 1. The van der Waals surface area contributed by atoms with Gasteiger partial charge in [0.05, 0.1) is 17.7 Å². The molecule has 7 heteroatoms. The number of carbonyl (C=O) groups is 1. The van der Waals surface area contributed by atoms with Crippen molar-refractivity contribution in [2.24, 2.45) is 0 Å². The van der Waals surface area contributed by atoms with Gasteiger partial charge in [0, 0.05) is 6.54 Å². The van der Waals surface area contributed by atoms with E-state index in [4.69, 9.17) is 4.74 Å². The maximum Gasteiger partial charge on any atom is 0.416 e. The Balaban J connectivity index is 1.99. The van der Waals surface area contributed by atoms with Gasteiger partial charge in [-0.25, -0.2) is 0 Å². The molecule has 2 rings (SSSR count). The van der Waals surface area contributed by atoms with Crippen molar-refractivity contribution in [1.29, 1.82) is 0 Å². The predicted octanol–water partition coefficient (Wildman–Crippen LogP) is 4.61. The number of ether oxygens (including phenoxy) is 1. The summed E-state index contributed by atoms with van der Waals surface area (Å²) in [5.41, 5.74) is 0.0317. The summed E-state index contributed by atoms with van der Waals surface area (Å²) in [7, 11) is 0. The van der Waals surface area contributed by atoms with Gasteiger partial charge >= 0.3 is 6.18 Å². The molecule has 0 saturated heterocycles. The van der Waals surface area contributed by atoms with Gasteiger partial charge in [-0.1, -0.05) is 44.2 Å². The van der Waals surface area contributed by atoms with Gasteiger partial charge in [0.2, 0.25) is 5.91 Å². The van der Waals surface area contributed by atoms with E-state index in [1.807, 2.05) is 0 Å². The van der Waals surface area contributed by atoms with Crippen LogP contribution < -0.4 is 10.1 Å². The highest BCUT2D eigenvalue weighted by atomic mass is 19.4. The molecular weight excluding hydrogens is 369 g/mol. The second-order valence-electron chi connectivity index (χ2n) is 6.29. The standard InChI is InChI=1S/C21H25F3N2O2/c1-3-26(4-2)12-13-28-19-11-6-5-10-18(19)25-20(27)15-16-8-7-9-17(14-16)21(22,23)24/h5-11,14H,3-4,12-13,15H2,1-2H3,(H,25,27). The Morgan fingerprint density at radius 2 is 1.79 bits per heavy atom. The van der Waals surface area contributed by atoms with Gasteiger partial charge in [0.1, 0.15) is 12.4 Å². The van der Waals surface area contributed by atoms with E-state index in [2.05, 4.69) is 24.1 Å². The summed E-state index contributed by atoms with van der Waals surface area (Å²) in [6, 6.07) is 11.8. The van der Waals surface area contributed by atoms with Gasteiger partial charge in [0.25, 0.3) is 0 Å². The molecule has 0 spiro atoms. The molecule has 0 heterocycles. The molecule has 0 atom stereocenters. The van der Waals surface area contributed by atoms with E-state index in [-0.39, 0.29) is 6.42 Å². The number of halogens is 3. The summed E-state index contributed by atoms with van der Waals surface area (Å²) >= 11 is 0. The van der Waals surface area contributed by atoms with Gasteiger partial charge in [-0.05, 0) is 36.9 Å². The van der Waals surface area contributed by atoms with Crippen molar-refractivity contribution in [2.45, 2.75) is 26.4 Å². The van der Waals surface area contributed by atoms with Gasteiger partial charge in [-0.15, -0.1) is 0 Å². The lowest BCUT2D eigenvalue weighted by Gasteiger charge is -2.19. The van der Waals surface area contributed by atoms with Crippen molar-refractivity contribution >= 4 is 11.6 Å². The summed E-state index contributed by atoms with van der Waals surface area (Å²) in [4.78, 5) is 14.5. The first-order valence-corrected chi connectivity index (χ1v) is 9.23. The first-order chi connectivity index (χ1) is 13.3. The molecule has 0 bridgehead atoms. The number of alkyl halides is 3. The Labute approximate surface area is 163 Å². The molecule has 2 aromatic rings. The van der Waals surface area contributed by atoms with Crippen LogP contribution >= 0.6 is 0 Å². The van der Waals surface area contributed by atoms with Crippen LogP contribution in [-0.4, -0.2) is 37.0 Å². The van der Waals surface area contributed by atoms with Crippen LogP contribution in [0.4, 0.5) is 18.9 Å². The molecule has 1 amide bonds. The lowest BCUT2D eigenvalue weighted by molar-refractivity contribution is -0.137. The summed E-state index contributed by atoms with van der Waals surface area (Å²) in [5.74, 6) is 0.131. The average Bonchev–Trinajstić information content (AvgIpc) is 2.66. The summed E-state index contributed by atoms with van der Waals surface area (Å²) in [5, 5.41) is 2.72. The molecule has 2 aromatic carbocycles. The average molecular weight is 394 g/mol. The molecule has 0 aliphatic heterocycles. The molecule has 0 radical (unpaired) electrons. The molecule has 1 N–H and O–H groups in total. The molecule has 0 aliphatic carbocycles. The highest BCUT2D eigenvalue weighted by Gasteiger charge is 2.30. The second kappa shape index (κ2) is 10.1. The van der Waals surface area contributed by atoms with E-state index in [0.29, 0.717) is 23.6 Å². The van der Waals surface area contributed by atoms with E-state index in [1.54, 1.807) is 24.3 Å². The zero-order valence-corrected chi connectivity index (χ0v) is 16.1. The maximum absolute atomic E-state index is 12.8. The quantitative estimate of drug-likeness (QED) is 0.676. The maximum atomic E-state index is 12.8. The van der Waals surface area contributed by atoms with Crippen molar-refractivity contribution in [3.05, 3.63) is 59.7 Å². The van der Waals surface area contributed by atoms with E-state index in [9.17, 15) is 18.0 Å². The van der Waals surface area contributed by atoms with Crippen LogP contribution in [0.5, 0.6) is 5.75 Å². The number of hydrogen-bond donors (Lipinski definition) is 1. The number of anilines is 1. The summed E-state index contributed by atoms with van der Waals surface area (Å²) in [6.07, 6.45) is -4.59. The number of rotatable bonds is 9. The Bertz CT molecular complexity index is 774. The zero-order chi connectivity index (χ0) is 20.6. The molecule has 28 heavy (non-hydrogen) atoms. The Morgan fingerprint density at radius 3 is 2.46 bits per heavy atom. The van der Waals surface area contributed by atoms with E-state index in [0.717, 1.165) is 31.8 Å². The third kappa shape index (κ3) is 6.56. The molecule has 4 nitrogen and oxygen atoms in total. The number of carbonyl (C=O) groups excluding carboxylic acids is 1. The van der Waals surface area contributed by atoms with Crippen LogP contribution in [0.25, 0.3) is 0 Å². The smallest absolute Gasteiger partial charge is 0.416 e. The summed E-state index contributed by atoms with van der Waals surface area (Å²) < 4.78 is 44.2. The largest absolute Gasteiger partial charge is 0.490 e. The normalized spacial score (nSPS) is 11.5. The molecule has 0 unspecified atom stereocenters. The third-order valence-corrected chi connectivity index (χ3v) is 4.34. The van der Waals surface area contributed by atoms with Crippen LogP contribution in [0.3, 0.4) is 0 Å². The van der Waals surface area contributed by atoms with Gasteiger partial charge in [-0.2, -0.15) is 13.2 Å². The number of nitrogens with one attached hydrogen (secondary N) is 1. The van der Waals surface area contributed by atoms with Crippen molar-refractivity contribution in [3.8, 4) is 5.75 Å². The molecular formula is C21H25F3N2O2. The monoisotopic (exact) mass is 394 g/mol. The van der Waals surface area contributed by atoms with E-state index in [1.165, 1.54) is 12.1 Å². The van der Waals surface area contributed by atoms with Crippen LogP contribution in [0.2, 0.25) is 0 Å². The van der Waals surface area contributed by atoms with Crippen LogP contribution in [0, 0.1) is 0 Å². The second-order valence-corrected chi connectivity index (χ2v) is 6.29. The number of amides is 1. The molecule has 152 valence electrons. The van der Waals surface area contributed by atoms with Crippen molar-refractivity contribution < 1.29 is 22.7 Å². The number of likely N-dealkylation sites (N-methyl/N-ethyl adjacent to an activating group) is 1. The van der Waals surface area contributed by atoms with Gasteiger partial charge in [-0.3, -0.25) is 4.79 Å². The van der Waals surface area contributed by atoms with E-state index >= 15 is 0 Å². The Kier molecular flexibility index (Phi) is 7.87. The summed E-state index contributed by atoms with van der Waals surface area (Å²) in [6.45, 7) is 7.24. The van der Waals surface area contributed by atoms with Gasteiger partial charge < -0.3 is 15.0 Å². The molecule has 0 fully saturated rings. The highest BCUT2D eigenvalue weighted by Crippen LogP contribution is 2.30. The first-order valence-electron chi connectivity index (χ1n) is 9.23. The van der Waals surface area contributed by atoms with Gasteiger partial charge in [0.15, 0.2) is 0 Å². The fraction of sp³-hybridized carbons (Fsp3) is 0.381. The Morgan fingerprint density at radius 1 is 1.07 bits per heavy atom. The number of hydrogen-bond acceptors (Lipinski definition) is 3. The minimum atomic E-state index is -4.43. The van der Waals surface area contributed by atoms with Crippen molar-refractivity contribution in [2.75, 3.05) is 31.6 Å². The topological polar surface area (TPSA) is 41.6 Å². The van der Waals surface area contributed by atoms with Crippen molar-refractivity contribution in [3.63, 3.8) is 0 Å². The van der Waals surface area contributed by atoms with Crippen LogP contribution in [-0.2, 0) is 17.4 Å². The van der Waals surface area contributed by atoms with Crippen LogP contribution in [0.1, 0.15) is 25.0 Å². The predicted molar refractivity (Wildman–Crippen MR) is 104 cm³/mol. The van der Waals surface area contributed by atoms with Crippen LogP contribution in [0.15, 0.2) is 48.5 Å². The Hall–Kier alpha value is -2.54. The lowest BCUT2D eigenvalue weighted by atomic mass is 10.1. The van der Waals surface area contributed by atoms with E-state index < -0.39 is 17.6 Å². The fourth-order valence-electron chi connectivity index (χ4n) is 2.76. The third-order valence-electron chi connectivity index (χ3n) is 4.34. The first kappa shape index (κ1) is 21.8. The zero-order valence-electron chi connectivity index (χ0n) is 16.1. The number of para-hydroxylation sites is 2. The minimum Gasteiger partial charge on any atom is -0.490 e. The number of benzene rings is 2. The molecule has 0 saturated carbocycles. The fourth-order valence-corrected chi connectivity index (χ4v) is 2.76. The molecule has 0 aliphatic rings. The highest BCUT2D eigenvalue weighted by molar-refractivity contribution is 5.93. The minimum absolute atomic E-state index is 0.155. The SMILES string of the molecule is CCN(CC)CCOc1ccccc1NC(=O)Cc1cccc(C(F)(F)F)c1.